The van der Waals surface area contributed by atoms with Gasteiger partial charge in [-0.05, 0) is 25.1 Å². The lowest BCUT2D eigenvalue weighted by Gasteiger charge is -1.95. The molecule has 3 heteroatoms. The Bertz CT molecular complexity index is 285. The van der Waals surface area contributed by atoms with Crippen molar-refractivity contribution >= 4 is 6.29 Å². The van der Waals surface area contributed by atoms with Crippen LogP contribution in [0.3, 0.4) is 0 Å². The average molecular weight is 239 g/mol. The summed E-state index contributed by atoms with van der Waals surface area (Å²) < 4.78 is 0. The lowest BCUT2D eigenvalue weighted by atomic mass is 10.1. The average Bonchev–Trinajstić information content (AvgIpc) is 2.32. The molecule has 0 radical (unpaired) electrons. The van der Waals surface area contributed by atoms with Gasteiger partial charge in [-0.3, -0.25) is 4.79 Å². The van der Waals surface area contributed by atoms with Gasteiger partial charge in [0.05, 0.1) is 0 Å². The van der Waals surface area contributed by atoms with Gasteiger partial charge in [-0.25, -0.2) is 0 Å². The van der Waals surface area contributed by atoms with E-state index >= 15 is 0 Å². The normalized spacial score (nSPS) is 8.59. The zero-order valence-electron chi connectivity index (χ0n) is 11.3. The molecular weight excluding hydrogens is 214 g/mol. The molecule has 0 fully saturated rings. The van der Waals surface area contributed by atoms with Crippen molar-refractivity contribution in [1.82, 2.24) is 0 Å². The summed E-state index contributed by atoms with van der Waals surface area (Å²) in [6.07, 6.45) is 3.40. The van der Waals surface area contributed by atoms with E-state index < -0.39 is 0 Å². The van der Waals surface area contributed by atoms with Crippen molar-refractivity contribution in [3.63, 3.8) is 0 Å². The van der Waals surface area contributed by atoms with E-state index in [1.165, 1.54) is 32.0 Å². The van der Waals surface area contributed by atoms with Gasteiger partial charge in [-0.2, -0.15) is 0 Å². The van der Waals surface area contributed by atoms with Crippen LogP contribution in [0.5, 0.6) is 5.75 Å². The molecule has 1 aromatic rings. The van der Waals surface area contributed by atoms with Crippen molar-refractivity contribution in [3.8, 4) is 5.75 Å². The van der Waals surface area contributed by atoms with Gasteiger partial charge in [0.15, 0.2) is 0 Å². The van der Waals surface area contributed by atoms with Crippen LogP contribution >= 0.6 is 0 Å². The molecule has 0 bridgehead atoms. The first-order valence-electron chi connectivity index (χ1n) is 5.92. The Hall–Kier alpha value is -1.35. The number of phenolic OH excluding ortho intramolecular Hbond substituents is 1. The number of nitrogens with two attached hydrogens (primary N) is 1. The van der Waals surface area contributed by atoms with Gasteiger partial charge in [0.2, 0.25) is 0 Å². The van der Waals surface area contributed by atoms with Crippen LogP contribution < -0.4 is 5.73 Å². The summed E-state index contributed by atoms with van der Waals surface area (Å²) in [6, 6.07) is 6.19. The van der Waals surface area contributed by atoms with Crippen LogP contribution in [-0.4, -0.2) is 18.4 Å². The maximum absolute atomic E-state index is 10.0. The minimum atomic E-state index is 0.125. The van der Waals surface area contributed by atoms with Crippen LogP contribution in [0.15, 0.2) is 24.3 Å². The predicted molar refractivity (Wildman–Crippen MR) is 73.4 cm³/mol. The van der Waals surface area contributed by atoms with E-state index in [0.29, 0.717) is 11.8 Å². The minimum absolute atomic E-state index is 0.125. The molecule has 0 heterocycles. The highest BCUT2D eigenvalue weighted by Crippen LogP contribution is 2.08. The maximum Gasteiger partial charge on any atom is 0.150 e. The fourth-order valence-corrected chi connectivity index (χ4v) is 1.18. The van der Waals surface area contributed by atoms with E-state index in [1.807, 2.05) is 0 Å². The van der Waals surface area contributed by atoms with E-state index in [-0.39, 0.29) is 5.75 Å². The first-order valence-corrected chi connectivity index (χ1v) is 5.92. The Morgan fingerprint density at radius 2 is 1.94 bits per heavy atom. The van der Waals surface area contributed by atoms with Crippen molar-refractivity contribution in [3.05, 3.63) is 29.8 Å². The molecule has 0 spiro atoms. The van der Waals surface area contributed by atoms with E-state index in [1.54, 1.807) is 12.1 Å². The molecule has 1 rings (SSSR count). The summed E-state index contributed by atoms with van der Waals surface area (Å²) in [6.45, 7) is 6.73. The molecule has 0 aliphatic heterocycles. The molecule has 0 saturated heterocycles. The highest BCUT2D eigenvalue weighted by atomic mass is 16.3. The molecule has 0 aliphatic rings. The number of hydrogen-bond donors (Lipinski definition) is 2. The lowest BCUT2D eigenvalue weighted by Crippen LogP contribution is -1.81. The third kappa shape index (κ3) is 12.6. The number of rotatable bonds is 3. The minimum Gasteiger partial charge on any atom is -0.508 e. The number of phenols is 1. The Morgan fingerprint density at radius 1 is 1.35 bits per heavy atom. The smallest absolute Gasteiger partial charge is 0.150 e. The second-order valence-corrected chi connectivity index (χ2v) is 3.90. The molecule has 0 aromatic heterocycles. The summed E-state index contributed by atoms with van der Waals surface area (Å²) in [5.74, 6) is 1.02. The predicted octanol–water partition coefficient (Wildman–Crippen LogP) is 3.22. The van der Waals surface area contributed by atoms with Crippen molar-refractivity contribution < 1.29 is 9.90 Å². The monoisotopic (exact) mass is 239 g/mol. The standard InChI is InChI=1S/C7H6O2.C6H14.CH5N/c8-5-6-2-1-3-7(9)4-6;1-4-5-6(2)3;1-2/h1-5,9H;6H,4-5H2,1-3H3;2H2,1H3. The van der Waals surface area contributed by atoms with Crippen LogP contribution in [0.2, 0.25) is 0 Å². The van der Waals surface area contributed by atoms with Gasteiger partial charge in [0, 0.05) is 5.56 Å². The quantitative estimate of drug-likeness (QED) is 0.796. The number of carbonyl (C=O) groups excluding carboxylic acids is 1. The molecule has 0 unspecified atom stereocenters. The number of carbonyl (C=O) groups is 1. The van der Waals surface area contributed by atoms with Gasteiger partial charge in [0.25, 0.3) is 0 Å². The number of hydrogen-bond acceptors (Lipinski definition) is 3. The zero-order chi connectivity index (χ0) is 13.7. The van der Waals surface area contributed by atoms with E-state index in [0.717, 1.165) is 5.92 Å². The topological polar surface area (TPSA) is 63.3 Å². The van der Waals surface area contributed by atoms with Crippen molar-refractivity contribution in [2.75, 3.05) is 7.05 Å². The zero-order valence-corrected chi connectivity index (χ0v) is 11.3. The van der Waals surface area contributed by atoms with Crippen LogP contribution in [0.25, 0.3) is 0 Å². The Morgan fingerprint density at radius 3 is 2.18 bits per heavy atom. The molecule has 0 saturated carbocycles. The lowest BCUT2D eigenvalue weighted by molar-refractivity contribution is 0.112. The van der Waals surface area contributed by atoms with E-state index in [9.17, 15) is 4.79 Å². The summed E-state index contributed by atoms with van der Waals surface area (Å²) in [5, 5.41) is 8.79. The van der Waals surface area contributed by atoms with Crippen LogP contribution in [-0.2, 0) is 0 Å². The molecule has 3 nitrogen and oxygen atoms in total. The highest BCUT2D eigenvalue weighted by Gasteiger charge is 1.88. The van der Waals surface area contributed by atoms with Crippen LogP contribution in [0.4, 0.5) is 0 Å². The second kappa shape index (κ2) is 12.7. The molecule has 98 valence electrons. The Balaban J connectivity index is 0. The van der Waals surface area contributed by atoms with Gasteiger partial charge in [-0.1, -0.05) is 45.7 Å². The first kappa shape index (κ1) is 18.0. The first-order chi connectivity index (χ1) is 8.10. The van der Waals surface area contributed by atoms with Crippen molar-refractivity contribution in [1.29, 1.82) is 0 Å². The third-order valence-corrected chi connectivity index (χ3v) is 1.87. The van der Waals surface area contributed by atoms with Crippen LogP contribution in [0, 0.1) is 5.92 Å². The number of aromatic hydroxyl groups is 1. The highest BCUT2D eigenvalue weighted by molar-refractivity contribution is 5.75. The molecular formula is C14H25NO2. The van der Waals surface area contributed by atoms with Crippen LogP contribution in [0.1, 0.15) is 44.0 Å². The molecule has 17 heavy (non-hydrogen) atoms. The molecule has 0 aliphatic carbocycles. The van der Waals surface area contributed by atoms with Gasteiger partial charge < -0.3 is 10.8 Å². The summed E-state index contributed by atoms with van der Waals surface area (Å²) in [4.78, 5) is 10.0. The molecule has 0 amide bonds. The summed E-state index contributed by atoms with van der Waals surface area (Å²) >= 11 is 0. The molecule has 3 N–H and O–H groups in total. The second-order valence-electron chi connectivity index (χ2n) is 3.90. The Kier molecular flexibility index (Phi) is 13.5. The largest absolute Gasteiger partial charge is 0.508 e. The Labute approximate surface area is 105 Å². The summed E-state index contributed by atoms with van der Waals surface area (Å²) in [7, 11) is 1.50. The maximum atomic E-state index is 10.0. The number of benzene rings is 1. The summed E-state index contributed by atoms with van der Waals surface area (Å²) in [5.41, 5.74) is 5.00. The number of aldehydes is 1. The third-order valence-electron chi connectivity index (χ3n) is 1.87. The van der Waals surface area contributed by atoms with Gasteiger partial charge >= 0.3 is 0 Å². The van der Waals surface area contributed by atoms with E-state index in [2.05, 4.69) is 26.5 Å². The fourth-order valence-electron chi connectivity index (χ4n) is 1.18. The van der Waals surface area contributed by atoms with Gasteiger partial charge in [0.1, 0.15) is 12.0 Å². The molecule has 1 aromatic carbocycles. The van der Waals surface area contributed by atoms with Crippen molar-refractivity contribution in [2.24, 2.45) is 11.7 Å². The van der Waals surface area contributed by atoms with Gasteiger partial charge in [-0.15, -0.1) is 0 Å². The SMILES string of the molecule is CCCC(C)C.CN.O=Cc1cccc(O)c1. The van der Waals surface area contributed by atoms with E-state index in [4.69, 9.17) is 5.11 Å². The molecule has 0 atom stereocenters. The fraction of sp³-hybridized carbons (Fsp3) is 0.500. The van der Waals surface area contributed by atoms with Crippen molar-refractivity contribution in [2.45, 2.75) is 33.6 Å².